The zero-order valence-corrected chi connectivity index (χ0v) is 22.6. The van der Waals surface area contributed by atoms with Gasteiger partial charge in [0, 0.05) is 24.3 Å². The number of amides is 2. The summed E-state index contributed by atoms with van der Waals surface area (Å²) in [5, 5.41) is 12.6. The van der Waals surface area contributed by atoms with Gasteiger partial charge >= 0.3 is 0 Å². The van der Waals surface area contributed by atoms with E-state index in [0.29, 0.717) is 36.0 Å². The fourth-order valence-corrected chi connectivity index (χ4v) is 4.81. The molecule has 2 aromatic carbocycles. The van der Waals surface area contributed by atoms with Gasteiger partial charge in [0.1, 0.15) is 0 Å². The number of carbonyl (C=O) groups excluding carboxylic acids is 2. The minimum absolute atomic E-state index is 0.00917. The second-order valence-electron chi connectivity index (χ2n) is 8.69. The summed E-state index contributed by atoms with van der Waals surface area (Å²) in [6.45, 7) is 8.01. The molecule has 9 heteroatoms. The molecule has 0 aliphatic rings. The highest BCUT2D eigenvalue weighted by molar-refractivity contribution is 7.99. The van der Waals surface area contributed by atoms with E-state index in [9.17, 15) is 9.59 Å². The summed E-state index contributed by atoms with van der Waals surface area (Å²) >= 11 is 1.37. The quantitative estimate of drug-likeness (QED) is 0.361. The van der Waals surface area contributed by atoms with Crippen molar-refractivity contribution in [1.82, 2.24) is 24.6 Å². The summed E-state index contributed by atoms with van der Waals surface area (Å²) in [5.41, 5.74) is 2.42. The third kappa shape index (κ3) is 6.95. The number of nitrogens with one attached hydrogen (secondary N) is 1. The van der Waals surface area contributed by atoms with E-state index in [1.54, 1.807) is 29.2 Å². The Hall–Kier alpha value is -3.17. The molecule has 1 aromatic heterocycles. The van der Waals surface area contributed by atoms with Crippen LogP contribution in [0.5, 0.6) is 0 Å². The standard InChI is InChI=1S/C27H36N6O2S/c1-6-23(31(4)5)25-29-30-27(33(25)18-20-12-10-9-11-13-20)36-19-24(34)28-22-16-14-21(15-17-22)26(35)32(7-2)8-3/h9-17,23H,6-8,18-19H2,1-5H3,(H,28,34). The molecule has 3 aromatic rings. The van der Waals surface area contributed by atoms with E-state index >= 15 is 0 Å². The largest absolute Gasteiger partial charge is 0.339 e. The Balaban J connectivity index is 1.69. The van der Waals surface area contributed by atoms with Crippen LogP contribution in [0.15, 0.2) is 59.8 Å². The highest BCUT2D eigenvalue weighted by Crippen LogP contribution is 2.26. The molecule has 1 heterocycles. The first-order chi connectivity index (χ1) is 17.4. The van der Waals surface area contributed by atoms with Crippen LogP contribution in [0.3, 0.4) is 0 Å². The van der Waals surface area contributed by atoms with Gasteiger partial charge in [-0.3, -0.25) is 14.5 Å². The Labute approximate surface area is 218 Å². The van der Waals surface area contributed by atoms with Crippen LogP contribution >= 0.6 is 11.8 Å². The van der Waals surface area contributed by atoms with E-state index in [4.69, 9.17) is 0 Å². The molecule has 0 spiro atoms. The molecule has 192 valence electrons. The predicted molar refractivity (Wildman–Crippen MR) is 145 cm³/mol. The van der Waals surface area contributed by atoms with E-state index in [1.807, 2.05) is 46.1 Å². The number of nitrogens with zero attached hydrogens (tertiary/aromatic N) is 5. The average molecular weight is 509 g/mol. The van der Waals surface area contributed by atoms with Crippen molar-refractivity contribution in [2.75, 3.05) is 38.3 Å². The van der Waals surface area contributed by atoms with Gasteiger partial charge in [0.25, 0.3) is 5.91 Å². The first-order valence-corrected chi connectivity index (χ1v) is 13.3. The third-order valence-corrected chi connectivity index (χ3v) is 7.00. The lowest BCUT2D eigenvalue weighted by Crippen LogP contribution is -2.30. The van der Waals surface area contributed by atoms with E-state index in [0.717, 1.165) is 17.8 Å². The molecule has 0 fully saturated rings. The van der Waals surface area contributed by atoms with Gasteiger partial charge in [-0.1, -0.05) is 49.0 Å². The van der Waals surface area contributed by atoms with Gasteiger partial charge in [0.15, 0.2) is 11.0 Å². The summed E-state index contributed by atoms with van der Waals surface area (Å²) in [7, 11) is 4.08. The van der Waals surface area contributed by atoms with Crippen molar-refractivity contribution in [2.24, 2.45) is 0 Å². The van der Waals surface area contributed by atoms with Crippen molar-refractivity contribution in [1.29, 1.82) is 0 Å². The van der Waals surface area contributed by atoms with Crippen molar-refractivity contribution in [2.45, 2.75) is 44.9 Å². The Morgan fingerprint density at radius 1 is 0.972 bits per heavy atom. The molecule has 2 amide bonds. The number of hydrogen-bond donors (Lipinski definition) is 1. The molecule has 1 atom stereocenters. The first kappa shape index (κ1) is 27.4. The van der Waals surface area contributed by atoms with Crippen molar-refractivity contribution < 1.29 is 9.59 Å². The predicted octanol–water partition coefficient (Wildman–Crippen LogP) is 4.55. The number of rotatable bonds is 12. The van der Waals surface area contributed by atoms with Crippen molar-refractivity contribution in [3.63, 3.8) is 0 Å². The van der Waals surface area contributed by atoms with Gasteiger partial charge < -0.3 is 14.8 Å². The summed E-state index contributed by atoms with van der Waals surface area (Å²) in [6.07, 6.45) is 0.901. The molecule has 3 rings (SSSR count). The Morgan fingerprint density at radius 3 is 2.22 bits per heavy atom. The molecule has 0 aliphatic carbocycles. The number of carbonyl (C=O) groups is 2. The molecule has 8 nitrogen and oxygen atoms in total. The van der Waals surface area contributed by atoms with Crippen LogP contribution in [0.2, 0.25) is 0 Å². The Morgan fingerprint density at radius 2 is 1.64 bits per heavy atom. The van der Waals surface area contributed by atoms with Crippen LogP contribution in [0.1, 0.15) is 55.0 Å². The summed E-state index contributed by atoms with van der Waals surface area (Å²) in [5.74, 6) is 0.942. The highest BCUT2D eigenvalue weighted by atomic mass is 32.2. The van der Waals surface area contributed by atoms with Gasteiger partial charge in [0.05, 0.1) is 18.3 Å². The molecule has 0 radical (unpaired) electrons. The fraction of sp³-hybridized carbons (Fsp3) is 0.407. The molecule has 1 unspecified atom stereocenters. The molecular formula is C27H36N6O2S. The van der Waals surface area contributed by atoms with Crippen LogP contribution < -0.4 is 5.32 Å². The molecule has 0 saturated carbocycles. The van der Waals surface area contributed by atoms with Crippen molar-refractivity contribution in [3.05, 3.63) is 71.5 Å². The number of anilines is 1. The van der Waals surface area contributed by atoms with E-state index in [-0.39, 0.29) is 23.6 Å². The number of benzene rings is 2. The molecule has 0 saturated heterocycles. The topological polar surface area (TPSA) is 83.4 Å². The fourth-order valence-electron chi connectivity index (χ4n) is 4.06. The van der Waals surface area contributed by atoms with E-state index in [2.05, 4.69) is 44.0 Å². The number of thioether (sulfide) groups is 1. The zero-order valence-electron chi connectivity index (χ0n) is 21.8. The summed E-state index contributed by atoms with van der Waals surface area (Å²) < 4.78 is 2.11. The second-order valence-corrected chi connectivity index (χ2v) is 9.63. The van der Waals surface area contributed by atoms with Crippen LogP contribution in [0.25, 0.3) is 0 Å². The maximum atomic E-state index is 12.7. The monoisotopic (exact) mass is 508 g/mol. The van der Waals surface area contributed by atoms with E-state index in [1.165, 1.54) is 11.8 Å². The van der Waals surface area contributed by atoms with Gasteiger partial charge in [0.2, 0.25) is 5.91 Å². The van der Waals surface area contributed by atoms with Crippen LogP contribution in [0.4, 0.5) is 5.69 Å². The van der Waals surface area contributed by atoms with Crippen molar-refractivity contribution >= 4 is 29.3 Å². The zero-order chi connectivity index (χ0) is 26.1. The maximum absolute atomic E-state index is 12.7. The lowest BCUT2D eigenvalue weighted by Gasteiger charge is -2.23. The molecule has 1 N–H and O–H groups in total. The Bertz CT molecular complexity index is 1130. The lowest BCUT2D eigenvalue weighted by atomic mass is 10.2. The SMILES string of the molecule is CCC(c1nnc(SCC(=O)Nc2ccc(C(=O)N(CC)CC)cc2)n1Cc1ccccc1)N(C)C. The third-order valence-electron chi connectivity index (χ3n) is 6.04. The highest BCUT2D eigenvalue weighted by Gasteiger charge is 2.22. The maximum Gasteiger partial charge on any atom is 0.253 e. The minimum Gasteiger partial charge on any atom is -0.339 e. The molecular weight excluding hydrogens is 472 g/mol. The summed E-state index contributed by atoms with van der Waals surface area (Å²) in [6, 6.07) is 17.3. The van der Waals surface area contributed by atoms with Gasteiger partial charge in [-0.2, -0.15) is 0 Å². The van der Waals surface area contributed by atoms with Gasteiger partial charge in [-0.25, -0.2) is 0 Å². The Kier molecular flexibility index (Phi) is 10.1. The molecule has 36 heavy (non-hydrogen) atoms. The normalized spacial score (nSPS) is 11.9. The van der Waals surface area contributed by atoms with Gasteiger partial charge in [-0.15, -0.1) is 10.2 Å². The molecule has 0 bridgehead atoms. The second kappa shape index (κ2) is 13.2. The number of hydrogen-bond acceptors (Lipinski definition) is 6. The first-order valence-electron chi connectivity index (χ1n) is 12.3. The van der Waals surface area contributed by atoms with E-state index < -0.39 is 0 Å². The van der Waals surface area contributed by atoms with Crippen LogP contribution in [-0.2, 0) is 11.3 Å². The number of aromatic nitrogens is 3. The minimum atomic E-state index is -0.140. The van der Waals surface area contributed by atoms with Crippen molar-refractivity contribution in [3.8, 4) is 0 Å². The van der Waals surface area contributed by atoms with Crippen LogP contribution in [-0.4, -0.2) is 69.3 Å². The average Bonchev–Trinajstić information content (AvgIpc) is 3.26. The van der Waals surface area contributed by atoms with Gasteiger partial charge in [-0.05, 0) is 64.2 Å². The summed E-state index contributed by atoms with van der Waals surface area (Å²) in [4.78, 5) is 29.1. The van der Waals surface area contributed by atoms with Crippen LogP contribution in [0, 0.1) is 0 Å². The lowest BCUT2D eigenvalue weighted by molar-refractivity contribution is -0.113. The smallest absolute Gasteiger partial charge is 0.253 e. The molecule has 0 aliphatic heterocycles.